The van der Waals surface area contributed by atoms with Crippen molar-refractivity contribution in [2.75, 3.05) is 6.54 Å². The van der Waals surface area contributed by atoms with Gasteiger partial charge in [-0.2, -0.15) is 0 Å². The van der Waals surface area contributed by atoms with Gasteiger partial charge in [-0.25, -0.2) is 4.79 Å². The molecule has 1 N–H and O–H groups in total. The Labute approximate surface area is 207 Å². The third-order valence-corrected chi connectivity index (χ3v) is 7.21. The maximum atomic E-state index is 13.5. The molecule has 35 heavy (non-hydrogen) atoms. The average Bonchev–Trinajstić information content (AvgIpc) is 2.99. The lowest BCUT2D eigenvalue weighted by molar-refractivity contribution is -0.0838. The zero-order valence-electron chi connectivity index (χ0n) is 21.1. The van der Waals surface area contributed by atoms with Gasteiger partial charge in [0.25, 0.3) is 5.56 Å². The summed E-state index contributed by atoms with van der Waals surface area (Å²) in [5, 5.41) is 10.7. The number of hydrogen-bond acceptors (Lipinski definition) is 4. The second-order valence-corrected chi connectivity index (χ2v) is 10.5. The normalized spacial score (nSPS) is 23.6. The summed E-state index contributed by atoms with van der Waals surface area (Å²) < 4.78 is 7.84. The minimum Gasteiger partial charge on any atom is -0.442 e. The Hall–Kier alpha value is -3.12. The highest BCUT2D eigenvalue weighted by molar-refractivity contribution is 5.70. The van der Waals surface area contributed by atoms with Crippen LogP contribution in [0.1, 0.15) is 58.1 Å². The molecule has 6 nitrogen and oxygen atoms in total. The molecule has 0 radical (unpaired) electrons. The molecule has 0 spiro atoms. The Balaban J connectivity index is 1.55. The fourth-order valence-electron chi connectivity index (χ4n) is 5.36. The van der Waals surface area contributed by atoms with Crippen molar-refractivity contribution >= 4 is 6.09 Å². The monoisotopic (exact) mass is 476 g/mol. The smallest absolute Gasteiger partial charge is 0.410 e. The Morgan fingerprint density at radius 1 is 1.14 bits per heavy atom. The number of nitrogens with zero attached hydrogens (tertiary/aromatic N) is 2. The van der Waals surface area contributed by atoms with E-state index in [-0.39, 0.29) is 23.6 Å². The summed E-state index contributed by atoms with van der Waals surface area (Å²) in [7, 11) is 1.73. The van der Waals surface area contributed by atoms with E-state index in [0.29, 0.717) is 19.4 Å². The zero-order chi connectivity index (χ0) is 25.2. The fourth-order valence-corrected chi connectivity index (χ4v) is 5.36. The molecule has 1 aliphatic heterocycles. The highest BCUT2D eigenvalue weighted by Gasteiger charge is 2.47. The third kappa shape index (κ3) is 5.59. The van der Waals surface area contributed by atoms with Gasteiger partial charge in [0.15, 0.2) is 0 Å². The van der Waals surface area contributed by atoms with Gasteiger partial charge in [-0.1, -0.05) is 48.6 Å². The van der Waals surface area contributed by atoms with Gasteiger partial charge in [0.2, 0.25) is 0 Å². The number of aryl methyl sites for hydroxylation is 1. The Bertz CT molecular complexity index is 1170. The van der Waals surface area contributed by atoms with Crippen LogP contribution in [0.2, 0.25) is 0 Å². The SMILES string of the molecule is C[C@@H](c1ccc(-c2ccn(C)c(=O)c2)cc1)N1CCC[C@](CC(C)(C)O)(C2C=CC=CC2)OC1=O. The maximum Gasteiger partial charge on any atom is 0.410 e. The molecular formula is C29H36N2O4. The third-order valence-electron chi connectivity index (χ3n) is 7.21. The molecule has 1 amide bonds. The molecule has 1 fully saturated rings. The van der Waals surface area contributed by atoms with Crippen molar-refractivity contribution in [3.8, 4) is 11.1 Å². The number of cyclic esters (lactones) is 1. The van der Waals surface area contributed by atoms with E-state index in [2.05, 4.69) is 12.2 Å². The fraction of sp³-hybridized carbons (Fsp3) is 0.448. The van der Waals surface area contributed by atoms with Crippen LogP contribution in [0.5, 0.6) is 0 Å². The van der Waals surface area contributed by atoms with Crippen LogP contribution in [0, 0.1) is 5.92 Å². The predicted molar refractivity (Wildman–Crippen MR) is 138 cm³/mol. The first kappa shape index (κ1) is 25.0. The van der Waals surface area contributed by atoms with Gasteiger partial charge < -0.3 is 19.3 Å². The largest absolute Gasteiger partial charge is 0.442 e. The topological polar surface area (TPSA) is 71.8 Å². The summed E-state index contributed by atoms with van der Waals surface area (Å²) in [4.78, 5) is 27.3. The highest BCUT2D eigenvalue weighted by atomic mass is 16.6. The Morgan fingerprint density at radius 3 is 2.51 bits per heavy atom. The number of benzene rings is 1. The molecule has 1 aromatic carbocycles. The van der Waals surface area contributed by atoms with Gasteiger partial charge >= 0.3 is 6.09 Å². The van der Waals surface area contributed by atoms with E-state index in [1.54, 1.807) is 42.6 Å². The second kappa shape index (κ2) is 9.86. The first-order valence-corrected chi connectivity index (χ1v) is 12.4. The average molecular weight is 477 g/mol. The highest BCUT2D eigenvalue weighted by Crippen LogP contribution is 2.42. The number of rotatable bonds is 6. The Morgan fingerprint density at radius 2 is 1.89 bits per heavy atom. The minimum atomic E-state index is -0.954. The van der Waals surface area contributed by atoms with Crippen LogP contribution in [-0.4, -0.2) is 38.4 Å². The van der Waals surface area contributed by atoms with Crippen molar-refractivity contribution in [1.29, 1.82) is 0 Å². The summed E-state index contributed by atoms with van der Waals surface area (Å²) >= 11 is 0. The lowest BCUT2D eigenvalue weighted by Crippen LogP contribution is -2.48. The van der Waals surface area contributed by atoms with Crippen molar-refractivity contribution in [2.45, 2.75) is 63.7 Å². The molecule has 6 heteroatoms. The lowest BCUT2D eigenvalue weighted by atomic mass is 9.73. The molecule has 0 bridgehead atoms. The molecule has 2 aliphatic rings. The predicted octanol–water partition coefficient (Wildman–Crippen LogP) is 5.38. The number of ether oxygens (including phenoxy) is 1. The second-order valence-electron chi connectivity index (χ2n) is 10.5. The van der Waals surface area contributed by atoms with Crippen LogP contribution in [-0.2, 0) is 11.8 Å². The van der Waals surface area contributed by atoms with Crippen LogP contribution < -0.4 is 5.56 Å². The van der Waals surface area contributed by atoms with E-state index in [1.807, 2.05) is 49.4 Å². The van der Waals surface area contributed by atoms with E-state index in [1.165, 1.54) is 0 Å². The molecule has 1 saturated heterocycles. The first-order valence-electron chi connectivity index (χ1n) is 12.4. The van der Waals surface area contributed by atoms with Crippen LogP contribution in [0.25, 0.3) is 11.1 Å². The number of carbonyl (C=O) groups is 1. The molecule has 186 valence electrons. The molecular weight excluding hydrogens is 440 g/mol. The van der Waals surface area contributed by atoms with Crippen LogP contribution in [0.4, 0.5) is 4.79 Å². The van der Waals surface area contributed by atoms with Crippen molar-refractivity contribution in [1.82, 2.24) is 9.47 Å². The van der Waals surface area contributed by atoms with Crippen molar-refractivity contribution in [2.24, 2.45) is 13.0 Å². The molecule has 4 rings (SSSR count). The molecule has 3 atom stereocenters. The summed E-state index contributed by atoms with van der Waals surface area (Å²) in [6.07, 6.45) is 12.3. The number of amides is 1. The van der Waals surface area contributed by atoms with Crippen LogP contribution >= 0.6 is 0 Å². The first-order chi connectivity index (χ1) is 16.6. The van der Waals surface area contributed by atoms with E-state index < -0.39 is 11.2 Å². The molecule has 2 heterocycles. The standard InChI is InChI=1S/C29H36N2O4/c1-21(22-11-13-23(14-12-22)24-15-18-30(4)26(32)19-24)31-17-8-16-29(35-27(31)33,20-28(2,3)34)25-9-6-5-7-10-25/h5-7,9,11-15,18-19,21,25,34H,8,10,16-17,20H2,1-4H3/t21-,25?,29-/m0/s1. The van der Waals surface area contributed by atoms with Crippen LogP contribution in [0.3, 0.4) is 0 Å². The maximum absolute atomic E-state index is 13.5. The van der Waals surface area contributed by atoms with Crippen molar-refractivity contribution in [3.63, 3.8) is 0 Å². The number of pyridine rings is 1. The molecule has 2 aromatic rings. The summed E-state index contributed by atoms with van der Waals surface area (Å²) in [5.74, 6) is 0.0380. The lowest BCUT2D eigenvalue weighted by Gasteiger charge is -2.42. The number of allylic oxidation sites excluding steroid dienone is 3. The minimum absolute atomic E-state index is 0.0380. The Kier molecular flexibility index (Phi) is 7.04. The van der Waals surface area contributed by atoms with Gasteiger partial charge in [0.05, 0.1) is 11.6 Å². The molecule has 0 saturated carbocycles. The quantitative estimate of drug-likeness (QED) is 0.608. The van der Waals surface area contributed by atoms with Crippen molar-refractivity contribution in [3.05, 3.63) is 82.8 Å². The van der Waals surface area contributed by atoms with E-state index >= 15 is 0 Å². The molecule has 1 unspecified atom stereocenters. The van der Waals surface area contributed by atoms with E-state index in [0.717, 1.165) is 29.5 Å². The molecule has 1 aliphatic carbocycles. The zero-order valence-corrected chi connectivity index (χ0v) is 21.1. The summed E-state index contributed by atoms with van der Waals surface area (Å²) in [6.45, 7) is 6.16. The molecule has 1 aromatic heterocycles. The summed E-state index contributed by atoms with van der Waals surface area (Å²) in [6, 6.07) is 11.4. The van der Waals surface area contributed by atoms with E-state index in [9.17, 15) is 14.7 Å². The summed E-state index contributed by atoms with van der Waals surface area (Å²) in [5.41, 5.74) is 1.08. The number of aliphatic hydroxyl groups is 1. The van der Waals surface area contributed by atoms with Gasteiger partial charge in [-0.05, 0) is 62.8 Å². The van der Waals surface area contributed by atoms with Gasteiger partial charge in [-0.3, -0.25) is 4.79 Å². The number of aromatic nitrogens is 1. The number of carbonyl (C=O) groups excluding carboxylic acids is 1. The van der Waals surface area contributed by atoms with Gasteiger partial charge in [0, 0.05) is 38.2 Å². The van der Waals surface area contributed by atoms with Gasteiger partial charge in [0.1, 0.15) is 5.60 Å². The van der Waals surface area contributed by atoms with E-state index in [4.69, 9.17) is 4.74 Å². The van der Waals surface area contributed by atoms with Gasteiger partial charge in [-0.15, -0.1) is 0 Å². The van der Waals surface area contributed by atoms with Crippen molar-refractivity contribution < 1.29 is 14.6 Å². The number of hydrogen-bond donors (Lipinski definition) is 1. The van der Waals surface area contributed by atoms with Crippen LogP contribution in [0.15, 0.2) is 71.7 Å².